The number of ether oxygens (including phenoxy) is 1. The summed E-state index contributed by atoms with van der Waals surface area (Å²) in [6.45, 7) is 5.48. The van der Waals surface area contributed by atoms with E-state index < -0.39 is 17.0 Å². The van der Waals surface area contributed by atoms with Crippen LogP contribution < -0.4 is 4.74 Å². The van der Waals surface area contributed by atoms with Gasteiger partial charge in [-0.3, -0.25) is 4.79 Å². The van der Waals surface area contributed by atoms with E-state index in [1.807, 2.05) is 20.8 Å². The van der Waals surface area contributed by atoms with Gasteiger partial charge >= 0.3 is 0 Å². The first-order chi connectivity index (χ1) is 11.3. The maximum atomic E-state index is 13.4. The molecule has 0 saturated carbocycles. The van der Waals surface area contributed by atoms with E-state index in [1.54, 1.807) is 24.3 Å². The summed E-state index contributed by atoms with van der Waals surface area (Å²) in [4.78, 5) is 11.8. The fourth-order valence-electron chi connectivity index (χ4n) is 1.65. The molecule has 0 atom stereocenters. The molecule has 0 N–H and O–H groups in total. The Labute approximate surface area is 139 Å². The molecule has 0 aromatic heterocycles. The average molecular weight is 332 g/mol. The van der Waals surface area contributed by atoms with Crippen LogP contribution >= 0.6 is 0 Å². The van der Waals surface area contributed by atoms with Crippen LogP contribution in [0.25, 0.3) is 0 Å². The molecule has 0 aliphatic heterocycles. The van der Waals surface area contributed by atoms with Gasteiger partial charge in [0.25, 0.3) is 0 Å². The molecule has 0 radical (unpaired) electrons. The number of ketones is 1. The standard InChI is InChI=1S/C18H18F2N2O2/c1-18(2,3)17(23)11-24-14-7-5-13(6-8-14)21-22-16-9-4-12(19)10-15(16)20/h4-10H,11H2,1-3H3. The maximum absolute atomic E-state index is 13.4. The van der Waals surface area contributed by atoms with Gasteiger partial charge in [-0.2, -0.15) is 5.11 Å². The quantitative estimate of drug-likeness (QED) is 0.691. The molecule has 0 fully saturated rings. The Balaban J connectivity index is 1.99. The second-order valence-electron chi connectivity index (χ2n) is 6.25. The number of carbonyl (C=O) groups excluding carboxylic acids is 1. The lowest BCUT2D eigenvalue weighted by Crippen LogP contribution is -2.26. The number of halogens is 2. The first kappa shape index (κ1) is 17.7. The summed E-state index contributed by atoms with van der Waals surface area (Å²) in [5, 5.41) is 7.62. The summed E-state index contributed by atoms with van der Waals surface area (Å²) in [5.41, 5.74) is -0.0198. The topological polar surface area (TPSA) is 51.0 Å². The van der Waals surface area contributed by atoms with Gasteiger partial charge < -0.3 is 4.74 Å². The highest BCUT2D eigenvalue weighted by molar-refractivity contribution is 5.85. The highest BCUT2D eigenvalue weighted by Crippen LogP contribution is 2.24. The highest BCUT2D eigenvalue weighted by atomic mass is 19.1. The number of benzene rings is 2. The molecule has 0 heterocycles. The minimum atomic E-state index is -0.778. The lowest BCUT2D eigenvalue weighted by Gasteiger charge is -2.16. The van der Waals surface area contributed by atoms with Crippen molar-refractivity contribution >= 4 is 17.2 Å². The van der Waals surface area contributed by atoms with Crippen LogP contribution in [0, 0.1) is 17.0 Å². The van der Waals surface area contributed by atoms with Crippen LogP contribution in [0.5, 0.6) is 5.75 Å². The molecular weight excluding hydrogens is 314 g/mol. The van der Waals surface area contributed by atoms with Crippen LogP contribution in [0.2, 0.25) is 0 Å². The van der Waals surface area contributed by atoms with E-state index in [-0.39, 0.29) is 18.1 Å². The van der Waals surface area contributed by atoms with Gasteiger partial charge in [0.15, 0.2) is 11.6 Å². The molecule has 0 saturated heterocycles. The zero-order valence-corrected chi connectivity index (χ0v) is 13.7. The van der Waals surface area contributed by atoms with Crippen molar-refractivity contribution in [1.82, 2.24) is 0 Å². The summed E-state index contributed by atoms with van der Waals surface area (Å²) in [6.07, 6.45) is 0. The lowest BCUT2D eigenvalue weighted by molar-refractivity contribution is -0.128. The molecule has 126 valence electrons. The molecule has 0 spiro atoms. The van der Waals surface area contributed by atoms with Crippen molar-refractivity contribution in [2.24, 2.45) is 15.6 Å². The Bertz CT molecular complexity index is 751. The van der Waals surface area contributed by atoms with E-state index in [0.717, 1.165) is 12.1 Å². The van der Waals surface area contributed by atoms with Gasteiger partial charge in [-0.25, -0.2) is 8.78 Å². The van der Waals surface area contributed by atoms with Crippen LogP contribution in [0.15, 0.2) is 52.7 Å². The Hall–Kier alpha value is -2.63. The third-order valence-corrected chi connectivity index (χ3v) is 3.23. The largest absolute Gasteiger partial charge is 0.486 e. The second kappa shape index (κ2) is 7.29. The molecule has 24 heavy (non-hydrogen) atoms. The van der Waals surface area contributed by atoms with Crippen LogP contribution in [-0.4, -0.2) is 12.4 Å². The molecule has 6 heteroatoms. The molecule has 0 amide bonds. The fourth-order valence-corrected chi connectivity index (χ4v) is 1.65. The van der Waals surface area contributed by atoms with Gasteiger partial charge in [0, 0.05) is 11.5 Å². The SMILES string of the molecule is CC(C)(C)C(=O)COc1ccc(N=Nc2ccc(F)cc2F)cc1. The van der Waals surface area contributed by atoms with E-state index in [1.165, 1.54) is 6.07 Å². The number of hydrogen-bond donors (Lipinski definition) is 0. The van der Waals surface area contributed by atoms with Crippen molar-refractivity contribution in [3.05, 3.63) is 54.1 Å². The number of azo groups is 1. The van der Waals surface area contributed by atoms with Gasteiger partial charge in [0.2, 0.25) is 0 Å². The molecule has 0 aliphatic rings. The van der Waals surface area contributed by atoms with Crippen LogP contribution in [0.4, 0.5) is 20.2 Å². The van der Waals surface area contributed by atoms with Crippen molar-refractivity contribution < 1.29 is 18.3 Å². The van der Waals surface area contributed by atoms with Gasteiger partial charge in [-0.15, -0.1) is 5.11 Å². The van der Waals surface area contributed by atoms with E-state index in [2.05, 4.69) is 10.2 Å². The minimum absolute atomic E-state index is 0.00181. The lowest BCUT2D eigenvalue weighted by atomic mass is 9.91. The molecule has 2 aromatic rings. The Morgan fingerprint density at radius 1 is 1.04 bits per heavy atom. The van der Waals surface area contributed by atoms with Crippen molar-refractivity contribution in [1.29, 1.82) is 0 Å². The molecule has 4 nitrogen and oxygen atoms in total. The normalized spacial score (nSPS) is 11.7. The van der Waals surface area contributed by atoms with Gasteiger partial charge in [-0.05, 0) is 36.4 Å². The van der Waals surface area contributed by atoms with E-state index >= 15 is 0 Å². The van der Waals surface area contributed by atoms with Crippen LogP contribution in [0.3, 0.4) is 0 Å². The third-order valence-electron chi connectivity index (χ3n) is 3.23. The molecule has 0 unspecified atom stereocenters. The van der Waals surface area contributed by atoms with Crippen LogP contribution in [-0.2, 0) is 4.79 Å². The Morgan fingerprint density at radius 2 is 1.71 bits per heavy atom. The third kappa shape index (κ3) is 4.94. The monoisotopic (exact) mass is 332 g/mol. The van der Waals surface area contributed by atoms with Gasteiger partial charge in [0.1, 0.15) is 23.9 Å². The molecule has 2 rings (SSSR count). The first-order valence-corrected chi connectivity index (χ1v) is 7.39. The predicted octanol–water partition coefficient (Wildman–Crippen LogP) is 5.37. The van der Waals surface area contributed by atoms with Crippen molar-refractivity contribution in [2.45, 2.75) is 20.8 Å². The van der Waals surface area contributed by atoms with Crippen LogP contribution in [0.1, 0.15) is 20.8 Å². The number of Topliss-reactive ketones (excluding diaryl/α,β-unsaturated/α-hetero) is 1. The summed E-state index contributed by atoms with van der Waals surface area (Å²) < 4.78 is 31.7. The molecular formula is C18H18F2N2O2. The Morgan fingerprint density at radius 3 is 2.29 bits per heavy atom. The minimum Gasteiger partial charge on any atom is -0.486 e. The summed E-state index contributed by atoms with van der Waals surface area (Å²) in [7, 11) is 0. The average Bonchev–Trinajstić information content (AvgIpc) is 2.52. The maximum Gasteiger partial charge on any atom is 0.175 e. The fraction of sp³-hybridized carbons (Fsp3) is 0.278. The van der Waals surface area contributed by atoms with E-state index in [0.29, 0.717) is 11.4 Å². The predicted molar refractivity (Wildman–Crippen MR) is 86.9 cm³/mol. The number of carbonyl (C=O) groups is 1. The Kier molecular flexibility index (Phi) is 5.39. The number of nitrogens with zero attached hydrogens (tertiary/aromatic N) is 2. The summed E-state index contributed by atoms with van der Waals surface area (Å²) >= 11 is 0. The zero-order chi connectivity index (χ0) is 17.7. The number of rotatable bonds is 5. The summed E-state index contributed by atoms with van der Waals surface area (Å²) in [6, 6.07) is 9.61. The van der Waals surface area contributed by atoms with Gasteiger partial charge in [0.05, 0.1) is 5.69 Å². The number of hydrogen-bond acceptors (Lipinski definition) is 4. The van der Waals surface area contributed by atoms with Gasteiger partial charge in [-0.1, -0.05) is 20.8 Å². The van der Waals surface area contributed by atoms with E-state index in [4.69, 9.17) is 4.74 Å². The molecule has 0 aliphatic carbocycles. The smallest absolute Gasteiger partial charge is 0.175 e. The molecule has 2 aromatic carbocycles. The van der Waals surface area contributed by atoms with Crippen molar-refractivity contribution in [2.75, 3.05) is 6.61 Å². The van der Waals surface area contributed by atoms with Crippen molar-refractivity contribution in [3.63, 3.8) is 0 Å². The zero-order valence-electron chi connectivity index (χ0n) is 13.7. The second-order valence-corrected chi connectivity index (χ2v) is 6.25. The van der Waals surface area contributed by atoms with Crippen molar-refractivity contribution in [3.8, 4) is 5.75 Å². The highest BCUT2D eigenvalue weighted by Gasteiger charge is 2.21. The first-order valence-electron chi connectivity index (χ1n) is 7.39. The van der Waals surface area contributed by atoms with E-state index in [9.17, 15) is 13.6 Å². The molecule has 0 bridgehead atoms. The summed E-state index contributed by atoms with van der Waals surface area (Å²) in [5.74, 6) is -0.922.